The number of aliphatic hydroxyl groups is 1. The lowest BCUT2D eigenvalue weighted by Crippen LogP contribution is -2.15. The number of aliphatic hydroxyl groups excluding tert-OH is 1. The lowest BCUT2D eigenvalue weighted by atomic mass is 9.92. The summed E-state index contributed by atoms with van der Waals surface area (Å²) < 4.78 is 0. The highest BCUT2D eigenvalue weighted by molar-refractivity contribution is 7.11. The molecule has 0 saturated heterocycles. The molecule has 2 heteroatoms. The zero-order chi connectivity index (χ0) is 12.8. The molecule has 1 N–H and O–H groups in total. The van der Waals surface area contributed by atoms with Crippen molar-refractivity contribution in [2.24, 2.45) is 5.92 Å². The first-order chi connectivity index (χ1) is 8.78. The third-order valence-electron chi connectivity index (χ3n) is 4.08. The highest BCUT2D eigenvalue weighted by Gasteiger charge is 2.17. The second kappa shape index (κ2) is 7.30. The summed E-state index contributed by atoms with van der Waals surface area (Å²) in [5, 5.41) is 10.2. The van der Waals surface area contributed by atoms with Crippen LogP contribution < -0.4 is 0 Å². The Balaban J connectivity index is 1.78. The van der Waals surface area contributed by atoms with Gasteiger partial charge in [0, 0.05) is 16.2 Å². The minimum atomic E-state index is -0.128. The molecular weight excluding hydrogens is 240 g/mol. The van der Waals surface area contributed by atoms with Crippen LogP contribution in [0.4, 0.5) is 0 Å². The molecule has 0 amide bonds. The SMILES string of the molecule is CCc1ccc(CC(O)CC2CCCCCC2)s1. The summed E-state index contributed by atoms with van der Waals surface area (Å²) in [7, 11) is 0. The van der Waals surface area contributed by atoms with Crippen LogP contribution in [0.15, 0.2) is 12.1 Å². The van der Waals surface area contributed by atoms with E-state index in [0.29, 0.717) is 0 Å². The van der Waals surface area contributed by atoms with Crippen molar-refractivity contribution in [1.29, 1.82) is 0 Å². The van der Waals surface area contributed by atoms with E-state index >= 15 is 0 Å². The highest BCUT2D eigenvalue weighted by Crippen LogP contribution is 2.28. The van der Waals surface area contributed by atoms with E-state index in [9.17, 15) is 5.11 Å². The van der Waals surface area contributed by atoms with Crippen LogP contribution in [0.25, 0.3) is 0 Å². The molecule has 0 aliphatic heterocycles. The summed E-state index contributed by atoms with van der Waals surface area (Å²) in [6, 6.07) is 4.40. The van der Waals surface area contributed by atoms with Crippen LogP contribution in [-0.4, -0.2) is 11.2 Å². The maximum Gasteiger partial charge on any atom is 0.0591 e. The molecule has 1 unspecified atom stereocenters. The van der Waals surface area contributed by atoms with E-state index in [0.717, 1.165) is 25.2 Å². The molecule has 18 heavy (non-hydrogen) atoms. The Morgan fingerprint density at radius 3 is 2.44 bits per heavy atom. The fourth-order valence-corrected chi connectivity index (χ4v) is 4.05. The lowest BCUT2D eigenvalue weighted by molar-refractivity contribution is 0.138. The van der Waals surface area contributed by atoms with Crippen LogP contribution in [0, 0.1) is 5.92 Å². The zero-order valence-electron chi connectivity index (χ0n) is 11.5. The molecule has 1 aliphatic carbocycles. The molecule has 1 aliphatic rings. The average Bonchev–Trinajstić information content (AvgIpc) is 2.65. The monoisotopic (exact) mass is 266 g/mol. The molecule has 1 nitrogen and oxygen atoms in total. The first-order valence-corrected chi connectivity index (χ1v) is 8.35. The molecule has 1 heterocycles. The highest BCUT2D eigenvalue weighted by atomic mass is 32.1. The van der Waals surface area contributed by atoms with E-state index < -0.39 is 0 Å². The van der Waals surface area contributed by atoms with Gasteiger partial charge < -0.3 is 5.11 Å². The van der Waals surface area contributed by atoms with E-state index in [4.69, 9.17) is 0 Å². The maximum absolute atomic E-state index is 10.2. The molecule has 102 valence electrons. The fraction of sp³-hybridized carbons (Fsp3) is 0.750. The molecule has 0 radical (unpaired) electrons. The summed E-state index contributed by atoms with van der Waals surface area (Å²) in [6.07, 6.45) is 11.1. The molecule has 0 aromatic carbocycles. The van der Waals surface area contributed by atoms with Crippen molar-refractivity contribution >= 4 is 11.3 Å². The predicted molar refractivity (Wildman–Crippen MR) is 79.2 cm³/mol. The summed E-state index contributed by atoms with van der Waals surface area (Å²) in [5.74, 6) is 0.771. The van der Waals surface area contributed by atoms with Gasteiger partial charge in [-0.2, -0.15) is 0 Å². The van der Waals surface area contributed by atoms with Crippen molar-refractivity contribution in [2.45, 2.75) is 70.8 Å². The largest absolute Gasteiger partial charge is 0.393 e. The topological polar surface area (TPSA) is 20.2 Å². The van der Waals surface area contributed by atoms with Gasteiger partial charge in [-0.1, -0.05) is 45.4 Å². The standard InChI is InChI=1S/C16H26OS/c1-2-15-9-10-16(18-15)12-14(17)11-13-7-5-3-4-6-8-13/h9-10,13-14,17H,2-8,11-12H2,1H3. The van der Waals surface area contributed by atoms with Crippen molar-refractivity contribution in [3.05, 3.63) is 21.9 Å². The van der Waals surface area contributed by atoms with Crippen molar-refractivity contribution in [1.82, 2.24) is 0 Å². The van der Waals surface area contributed by atoms with Gasteiger partial charge in [0.05, 0.1) is 6.10 Å². The molecule has 2 rings (SSSR count). The second-order valence-corrected chi connectivity index (χ2v) is 6.93. The van der Waals surface area contributed by atoms with Gasteiger partial charge in [0.1, 0.15) is 0 Å². The van der Waals surface area contributed by atoms with Gasteiger partial charge in [0.2, 0.25) is 0 Å². The minimum absolute atomic E-state index is 0.128. The molecule has 1 aromatic heterocycles. The molecule has 0 spiro atoms. The van der Waals surface area contributed by atoms with Gasteiger partial charge >= 0.3 is 0 Å². The van der Waals surface area contributed by atoms with Gasteiger partial charge in [-0.3, -0.25) is 0 Å². The first kappa shape index (κ1) is 14.1. The molecule has 1 atom stereocenters. The van der Waals surface area contributed by atoms with Crippen molar-refractivity contribution in [2.75, 3.05) is 0 Å². The van der Waals surface area contributed by atoms with Crippen molar-refractivity contribution < 1.29 is 5.11 Å². The smallest absolute Gasteiger partial charge is 0.0591 e. The molecule has 1 aromatic rings. The second-order valence-electron chi connectivity index (χ2n) is 5.67. The zero-order valence-corrected chi connectivity index (χ0v) is 12.3. The number of rotatable bonds is 5. The van der Waals surface area contributed by atoms with Gasteiger partial charge in [-0.05, 0) is 30.9 Å². The summed E-state index contributed by atoms with van der Waals surface area (Å²) in [5.41, 5.74) is 0. The Labute approximate surface area is 115 Å². The fourth-order valence-electron chi connectivity index (χ4n) is 3.02. The number of hydrogen-bond donors (Lipinski definition) is 1. The Hall–Kier alpha value is -0.340. The normalized spacial score (nSPS) is 19.7. The van der Waals surface area contributed by atoms with Gasteiger partial charge in [-0.25, -0.2) is 0 Å². The molecular formula is C16H26OS. The number of aryl methyl sites for hydroxylation is 1. The van der Waals surface area contributed by atoms with Crippen LogP contribution in [0.2, 0.25) is 0 Å². The molecule has 1 saturated carbocycles. The molecule has 0 bridgehead atoms. The number of hydrogen-bond acceptors (Lipinski definition) is 2. The third kappa shape index (κ3) is 4.40. The quantitative estimate of drug-likeness (QED) is 0.774. The van der Waals surface area contributed by atoms with Crippen molar-refractivity contribution in [3.63, 3.8) is 0 Å². The van der Waals surface area contributed by atoms with E-state index in [1.165, 1.54) is 48.3 Å². The van der Waals surface area contributed by atoms with E-state index in [-0.39, 0.29) is 6.10 Å². The minimum Gasteiger partial charge on any atom is -0.393 e. The van der Waals surface area contributed by atoms with Crippen LogP contribution in [0.3, 0.4) is 0 Å². The lowest BCUT2D eigenvalue weighted by Gasteiger charge is -2.17. The summed E-state index contributed by atoms with van der Waals surface area (Å²) >= 11 is 1.87. The Morgan fingerprint density at radius 1 is 1.17 bits per heavy atom. The van der Waals surface area contributed by atoms with E-state index in [1.54, 1.807) is 0 Å². The summed E-state index contributed by atoms with van der Waals surface area (Å²) in [6.45, 7) is 2.19. The van der Waals surface area contributed by atoms with Crippen LogP contribution in [-0.2, 0) is 12.8 Å². The van der Waals surface area contributed by atoms with Gasteiger partial charge in [-0.15, -0.1) is 11.3 Å². The molecule has 1 fully saturated rings. The van der Waals surface area contributed by atoms with Crippen LogP contribution >= 0.6 is 11.3 Å². The average molecular weight is 266 g/mol. The first-order valence-electron chi connectivity index (χ1n) is 7.53. The third-order valence-corrected chi connectivity index (χ3v) is 5.33. The van der Waals surface area contributed by atoms with E-state index in [2.05, 4.69) is 19.1 Å². The van der Waals surface area contributed by atoms with Crippen LogP contribution in [0.1, 0.15) is 61.6 Å². The Bertz CT molecular complexity index is 337. The van der Waals surface area contributed by atoms with E-state index in [1.807, 2.05) is 11.3 Å². The summed E-state index contributed by atoms with van der Waals surface area (Å²) in [4.78, 5) is 2.79. The number of thiophene rings is 1. The van der Waals surface area contributed by atoms with Crippen LogP contribution in [0.5, 0.6) is 0 Å². The Morgan fingerprint density at radius 2 is 1.83 bits per heavy atom. The van der Waals surface area contributed by atoms with Gasteiger partial charge in [0.25, 0.3) is 0 Å². The Kier molecular flexibility index (Phi) is 5.71. The van der Waals surface area contributed by atoms with Gasteiger partial charge in [0.15, 0.2) is 0 Å². The maximum atomic E-state index is 10.2. The predicted octanol–water partition coefficient (Wildman–Crippen LogP) is 4.57. The van der Waals surface area contributed by atoms with Crippen molar-refractivity contribution in [3.8, 4) is 0 Å².